The third-order valence-corrected chi connectivity index (χ3v) is 5.66. The lowest BCUT2D eigenvalue weighted by Crippen LogP contribution is -2.06. The summed E-state index contributed by atoms with van der Waals surface area (Å²) in [6, 6.07) is 12.9. The molecule has 0 atom stereocenters. The summed E-state index contributed by atoms with van der Waals surface area (Å²) < 4.78 is 25.7. The van der Waals surface area contributed by atoms with Crippen LogP contribution in [0.3, 0.4) is 0 Å². The fourth-order valence-electron chi connectivity index (χ4n) is 3.06. The standard InChI is InChI=1S/C24H22BrClFNO4/c1-3-31-22-9-15(12-28-21-10-16(24(29)30)5-4-14(21)2)8-19(25)23(22)32-13-17-6-7-18(27)11-20(17)26/h4-11,28H,3,12-13H2,1-2H3,(H,29,30). The monoisotopic (exact) mass is 521 g/mol. The molecule has 8 heteroatoms. The van der Waals surface area contributed by atoms with Crippen molar-refractivity contribution in [3.63, 3.8) is 0 Å². The van der Waals surface area contributed by atoms with Gasteiger partial charge in [-0.2, -0.15) is 0 Å². The first-order valence-electron chi connectivity index (χ1n) is 9.88. The number of hydrogen-bond donors (Lipinski definition) is 2. The third kappa shape index (κ3) is 5.93. The molecule has 3 aromatic rings. The summed E-state index contributed by atoms with van der Waals surface area (Å²) in [6.07, 6.45) is 0. The van der Waals surface area contributed by atoms with Crippen LogP contribution >= 0.6 is 27.5 Å². The predicted octanol–water partition coefficient (Wildman–Crippen LogP) is 6.84. The first-order chi connectivity index (χ1) is 15.3. The van der Waals surface area contributed by atoms with Gasteiger partial charge in [0.25, 0.3) is 0 Å². The molecule has 0 aliphatic rings. The Balaban J connectivity index is 1.79. The number of hydrogen-bond acceptors (Lipinski definition) is 4. The highest BCUT2D eigenvalue weighted by molar-refractivity contribution is 9.10. The van der Waals surface area contributed by atoms with Gasteiger partial charge in [-0.25, -0.2) is 9.18 Å². The Kier molecular flexibility index (Phi) is 7.99. The summed E-state index contributed by atoms with van der Waals surface area (Å²) in [6.45, 7) is 4.83. The molecule has 0 heterocycles. The van der Waals surface area contributed by atoms with E-state index in [0.717, 1.165) is 16.8 Å². The Bertz CT molecular complexity index is 1140. The second kappa shape index (κ2) is 10.7. The van der Waals surface area contributed by atoms with Crippen molar-refractivity contribution in [2.45, 2.75) is 27.0 Å². The number of benzene rings is 3. The maximum Gasteiger partial charge on any atom is 0.335 e. The highest BCUT2D eigenvalue weighted by atomic mass is 79.9. The largest absolute Gasteiger partial charge is 0.490 e. The Labute approximate surface area is 199 Å². The molecule has 0 amide bonds. The van der Waals surface area contributed by atoms with Gasteiger partial charge in [0.1, 0.15) is 12.4 Å². The number of carbonyl (C=O) groups is 1. The van der Waals surface area contributed by atoms with Crippen LogP contribution in [0.2, 0.25) is 5.02 Å². The molecule has 0 saturated heterocycles. The molecule has 0 aliphatic heterocycles. The number of nitrogens with one attached hydrogen (secondary N) is 1. The van der Waals surface area contributed by atoms with E-state index in [-0.39, 0.29) is 12.2 Å². The van der Waals surface area contributed by atoms with E-state index in [0.29, 0.717) is 39.7 Å². The quantitative estimate of drug-likeness (QED) is 0.322. The average Bonchev–Trinajstić information content (AvgIpc) is 2.74. The molecule has 3 rings (SSSR count). The van der Waals surface area contributed by atoms with Crippen molar-refractivity contribution in [1.82, 2.24) is 0 Å². The summed E-state index contributed by atoms with van der Waals surface area (Å²) in [7, 11) is 0. The highest BCUT2D eigenvalue weighted by Gasteiger charge is 2.14. The average molecular weight is 523 g/mol. The van der Waals surface area contributed by atoms with E-state index in [2.05, 4.69) is 21.2 Å². The minimum Gasteiger partial charge on any atom is -0.490 e. The molecule has 2 N–H and O–H groups in total. The van der Waals surface area contributed by atoms with Crippen LogP contribution in [0.25, 0.3) is 0 Å². The van der Waals surface area contributed by atoms with Gasteiger partial charge in [0.2, 0.25) is 0 Å². The Morgan fingerprint density at radius 2 is 1.94 bits per heavy atom. The van der Waals surface area contributed by atoms with Gasteiger partial charge in [-0.05, 0) is 77.3 Å². The number of halogens is 3. The minimum atomic E-state index is -0.975. The zero-order valence-electron chi connectivity index (χ0n) is 17.5. The van der Waals surface area contributed by atoms with Gasteiger partial charge in [0.05, 0.1) is 21.7 Å². The predicted molar refractivity (Wildman–Crippen MR) is 127 cm³/mol. The van der Waals surface area contributed by atoms with Crippen LogP contribution in [0.5, 0.6) is 11.5 Å². The fraction of sp³-hybridized carbons (Fsp3) is 0.208. The summed E-state index contributed by atoms with van der Waals surface area (Å²) in [5.74, 6) is -0.318. The lowest BCUT2D eigenvalue weighted by molar-refractivity contribution is 0.0697. The molecule has 0 aliphatic carbocycles. The van der Waals surface area contributed by atoms with Crippen molar-refractivity contribution in [2.24, 2.45) is 0 Å². The van der Waals surface area contributed by atoms with Crippen LogP contribution in [0.15, 0.2) is 53.0 Å². The number of aromatic carboxylic acids is 1. The number of anilines is 1. The number of rotatable bonds is 9. The summed E-state index contributed by atoms with van der Waals surface area (Å²) >= 11 is 9.64. The summed E-state index contributed by atoms with van der Waals surface area (Å²) in [5, 5.41) is 12.8. The van der Waals surface area contributed by atoms with Crippen LogP contribution in [-0.2, 0) is 13.2 Å². The molecule has 0 saturated carbocycles. The molecule has 0 unspecified atom stereocenters. The molecule has 5 nitrogen and oxygen atoms in total. The van der Waals surface area contributed by atoms with Gasteiger partial charge in [-0.1, -0.05) is 23.7 Å². The first-order valence-corrected chi connectivity index (χ1v) is 11.0. The van der Waals surface area contributed by atoms with Crippen molar-refractivity contribution in [3.8, 4) is 11.5 Å². The Morgan fingerprint density at radius 3 is 2.62 bits per heavy atom. The minimum absolute atomic E-state index is 0.149. The molecule has 168 valence electrons. The second-order valence-corrected chi connectivity index (χ2v) is 8.31. The van der Waals surface area contributed by atoms with Crippen LogP contribution in [0.1, 0.15) is 34.0 Å². The summed E-state index contributed by atoms with van der Waals surface area (Å²) in [4.78, 5) is 11.2. The molecular weight excluding hydrogens is 501 g/mol. The normalized spacial score (nSPS) is 10.7. The molecule has 0 aromatic heterocycles. The van der Waals surface area contributed by atoms with E-state index in [4.69, 9.17) is 21.1 Å². The molecule has 0 radical (unpaired) electrons. The van der Waals surface area contributed by atoms with E-state index in [1.807, 2.05) is 26.0 Å². The van der Waals surface area contributed by atoms with Crippen LogP contribution < -0.4 is 14.8 Å². The van der Waals surface area contributed by atoms with Crippen molar-refractivity contribution >= 4 is 39.2 Å². The van der Waals surface area contributed by atoms with Crippen LogP contribution in [-0.4, -0.2) is 17.7 Å². The zero-order chi connectivity index (χ0) is 23.3. The van der Waals surface area contributed by atoms with Crippen molar-refractivity contribution < 1.29 is 23.8 Å². The van der Waals surface area contributed by atoms with E-state index in [9.17, 15) is 14.3 Å². The van der Waals surface area contributed by atoms with E-state index >= 15 is 0 Å². The Hall–Kier alpha value is -2.77. The lowest BCUT2D eigenvalue weighted by Gasteiger charge is -2.17. The number of carboxylic acid groups (broad SMARTS) is 1. The zero-order valence-corrected chi connectivity index (χ0v) is 19.9. The smallest absolute Gasteiger partial charge is 0.335 e. The van der Waals surface area contributed by atoms with Crippen molar-refractivity contribution in [2.75, 3.05) is 11.9 Å². The van der Waals surface area contributed by atoms with Gasteiger partial charge in [-0.15, -0.1) is 0 Å². The maximum atomic E-state index is 13.3. The Morgan fingerprint density at radius 1 is 1.16 bits per heavy atom. The highest BCUT2D eigenvalue weighted by Crippen LogP contribution is 2.38. The molecule has 0 fully saturated rings. The van der Waals surface area contributed by atoms with Crippen molar-refractivity contribution in [3.05, 3.63) is 86.1 Å². The fourth-order valence-corrected chi connectivity index (χ4v) is 3.88. The third-order valence-electron chi connectivity index (χ3n) is 4.72. The number of ether oxygens (including phenoxy) is 2. The van der Waals surface area contributed by atoms with Gasteiger partial charge >= 0.3 is 5.97 Å². The van der Waals surface area contributed by atoms with Gasteiger partial charge < -0.3 is 19.9 Å². The number of carboxylic acids is 1. The topological polar surface area (TPSA) is 67.8 Å². The van der Waals surface area contributed by atoms with E-state index < -0.39 is 11.8 Å². The molecular formula is C24H22BrClFNO4. The van der Waals surface area contributed by atoms with E-state index in [1.165, 1.54) is 12.1 Å². The summed E-state index contributed by atoms with van der Waals surface area (Å²) in [5.41, 5.74) is 3.47. The van der Waals surface area contributed by atoms with Gasteiger partial charge in [0.15, 0.2) is 11.5 Å². The van der Waals surface area contributed by atoms with E-state index in [1.54, 1.807) is 24.3 Å². The lowest BCUT2D eigenvalue weighted by atomic mass is 10.1. The SMILES string of the molecule is CCOc1cc(CNc2cc(C(=O)O)ccc2C)cc(Br)c1OCc1ccc(F)cc1Cl. The van der Waals surface area contributed by atoms with Crippen LogP contribution in [0, 0.1) is 12.7 Å². The molecule has 32 heavy (non-hydrogen) atoms. The van der Waals surface area contributed by atoms with Gasteiger partial charge in [-0.3, -0.25) is 0 Å². The number of aryl methyl sites for hydroxylation is 1. The maximum absolute atomic E-state index is 13.3. The van der Waals surface area contributed by atoms with Gasteiger partial charge in [0, 0.05) is 17.8 Å². The molecule has 0 spiro atoms. The first kappa shape index (κ1) is 23.9. The molecule has 3 aromatic carbocycles. The van der Waals surface area contributed by atoms with Crippen LogP contribution in [0.4, 0.5) is 10.1 Å². The second-order valence-electron chi connectivity index (χ2n) is 7.05. The molecule has 0 bridgehead atoms. The van der Waals surface area contributed by atoms with Crippen molar-refractivity contribution in [1.29, 1.82) is 0 Å².